The predicted molar refractivity (Wildman–Crippen MR) is 83.2 cm³/mol. The lowest BCUT2D eigenvalue weighted by atomic mass is 10.1. The largest absolute Gasteiger partial charge is 0.405 e. The average Bonchev–Trinajstić information content (AvgIpc) is 2.76. The van der Waals surface area contributed by atoms with Crippen LogP contribution >= 0.6 is 11.8 Å². The Balaban J connectivity index is 2.63. The maximum absolute atomic E-state index is 5.50. The Kier molecular flexibility index (Phi) is 4.06. The minimum atomic E-state index is 0.721. The minimum Gasteiger partial charge on any atom is -0.405 e. The van der Waals surface area contributed by atoms with Crippen molar-refractivity contribution in [2.24, 2.45) is 17.8 Å². The van der Waals surface area contributed by atoms with E-state index in [4.69, 9.17) is 5.73 Å². The number of nitrogens with zero attached hydrogens (tertiary/aromatic N) is 3. The summed E-state index contributed by atoms with van der Waals surface area (Å²) in [5.41, 5.74) is 8.10. The van der Waals surface area contributed by atoms with E-state index in [1.165, 1.54) is 18.0 Å². The number of allylic oxidation sites excluding steroid dienone is 1. The second kappa shape index (κ2) is 5.75. The van der Waals surface area contributed by atoms with Gasteiger partial charge in [0.05, 0.1) is 16.3 Å². The molecule has 5 heteroatoms. The van der Waals surface area contributed by atoms with Crippen LogP contribution < -0.4 is 5.73 Å². The monoisotopic (exact) mass is 272 g/mol. The fourth-order valence-electron chi connectivity index (χ4n) is 1.84. The lowest BCUT2D eigenvalue weighted by Gasteiger charge is -1.99. The summed E-state index contributed by atoms with van der Waals surface area (Å²) in [4.78, 5) is 4.46. The van der Waals surface area contributed by atoms with Gasteiger partial charge in [0.2, 0.25) is 0 Å². The number of para-hydroxylation sites is 1. The molecule has 1 heterocycles. The molecule has 4 nitrogen and oxygen atoms in total. The highest BCUT2D eigenvalue weighted by Crippen LogP contribution is 2.20. The average molecular weight is 272 g/mol. The summed E-state index contributed by atoms with van der Waals surface area (Å²) >= 11 is 1.49. The maximum atomic E-state index is 5.50. The van der Waals surface area contributed by atoms with Gasteiger partial charge in [-0.05, 0) is 24.6 Å². The molecule has 0 saturated heterocycles. The molecule has 0 atom stereocenters. The van der Waals surface area contributed by atoms with Crippen LogP contribution in [0.3, 0.4) is 0 Å². The molecule has 0 aliphatic heterocycles. The standard InChI is InChI=1S/C14H16N4S/c1-10(19-3)16-12(8-9-15)14-11-6-4-5-7-13(11)18(2)17-14/h4-9H,1,15H2,2-3H3/b9-8-,16-12?. The molecule has 0 aliphatic carbocycles. The first-order chi connectivity index (χ1) is 9.17. The van der Waals surface area contributed by atoms with E-state index in [0.717, 1.165) is 27.3 Å². The van der Waals surface area contributed by atoms with E-state index in [9.17, 15) is 0 Å². The van der Waals surface area contributed by atoms with Crippen molar-refractivity contribution in [2.45, 2.75) is 0 Å². The van der Waals surface area contributed by atoms with Crippen LogP contribution in [0.1, 0.15) is 5.69 Å². The molecule has 19 heavy (non-hydrogen) atoms. The van der Waals surface area contributed by atoms with Crippen LogP contribution in [0.25, 0.3) is 10.9 Å². The molecule has 0 spiro atoms. The number of hydrogen-bond acceptors (Lipinski definition) is 4. The molecule has 0 amide bonds. The molecule has 0 saturated carbocycles. The van der Waals surface area contributed by atoms with Crippen molar-refractivity contribution in [3.63, 3.8) is 0 Å². The van der Waals surface area contributed by atoms with Crippen molar-refractivity contribution in [2.75, 3.05) is 6.26 Å². The van der Waals surface area contributed by atoms with Gasteiger partial charge in [-0.15, -0.1) is 11.8 Å². The van der Waals surface area contributed by atoms with E-state index in [0.29, 0.717) is 0 Å². The molecule has 2 aromatic rings. The molecule has 1 aromatic heterocycles. The third-order valence-electron chi connectivity index (χ3n) is 2.74. The van der Waals surface area contributed by atoms with Crippen molar-refractivity contribution in [1.82, 2.24) is 9.78 Å². The van der Waals surface area contributed by atoms with Crippen LogP contribution in [-0.4, -0.2) is 21.7 Å². The molecule has 0 radical (unpaired) electrons. The molecular weight excluding hydrogens is 256 g/mol. The second-order valence-corrected chi connectivity index (χ2v) is 4.82. The number of hydrogen-bond donors (Lipinski definition) is 1. The summed E-state index contributed by atoms with van der Waals surface area (Å²) in [6, 6.07) is 8.03. The predicted octanol–water partition coefficient (Wildman–Crippen LogP) is 2.67. The maximum Gasteiger partial charge on any atom is 0.119 e. The highest BCUT2D eigenvalue weighted by molar-refractivity contribution is 8.02. The Labute approximate surface area is 116 Å². The van der Waals surface area contributed by atoms with Crippen LogP contribution in [0.2, 0.25) is 0 Å². The molecule has 0 fully saturated rings. The van der Waals surface area contributed by atoms with Crippen molar-refractivity contribution in [3.8, 4) is 0 Å². The van der Waals surface area contributed by atoms with E-state index >= 15 is 0 Å². The van der Waals surface area contributed by atoms with Crippen LogP contribution in [0.15, 0.2) is 53.1 Å². The van der Waals surface area contributed by atoms with Gasteiger partial charge in [0.15, 0.2) is 0 Å². The first-order valence-electron chi connectivity index (χ1n) is 5.79. The topological polar surface area (TPSA) is 56.2 Å². The zero-order valence-electron chi connectivity index (χ0n) is 11.0. The summed E-state index contributed by atoms with van der Waals surface area (Å²) in [7, 11) is 1.92. The molecule has 0 unspecified atom stereocenters. The summed E-state index contributed by atoms with van der Waals surface area (Å²) in [5.74, 6) is 0. The van der Waals surface area contributed by atoms with Crippen molar-refractivity contribution >= 4 is 28.4 Å². The number of benzene rings is 1. The van der Waals surface area contributed by atoms with Crippen LogP contribution in [0.5, 0.6) is 0 Å². The van der Waals surface area contributed by atoms with Crippen LogP contribution in [-0.2, 0) is 7.05 Å². The molecule has 0 bridgehead atoms. The highest BCUT2D eigenvalue weighted by Gasteiger charge is 2.12. The van der Waals surface area contributed by atoms with Crippen LogP contribution in [0.4, 0.5) is 0 Å². The summed E-state index contributed by atoms with van der Waals surface area (Å²) in [5, 5.41) is 6.30. The van der Waals surface area contributed by atoms with Gasteiger partial charge in [0.1, 0.15) is 5.69 Å². The van der Waals surface area contributed by atoms with Gasteiger partial charge < -0.3 is 5.73 Å². The number of rotatable bonds is 4. The number of aromatic nitrogens is 2. The molecule has 1 aromatic carbocycles. The van der Waals surface area contributed by atoms with Gasteiger partial charge >= 0.3 is 0 Å². The number of aryl methyl sites for hydroxylation is 1. The number of thioether (sulfide) groups is 1. The number of fused-ring (bicyclic) bond motifs is 1. The third kappa shape index (κ3) is 2.71. The van der Waals surface area contributed by atoms with E-state index in [1.54, 1.807) is 6.08 Å². The number of aliphatic imine (C=N–C) groups is 1. The Hall–Kier alpha value is -2.01. The second-order valence-electron chi connectivity index (χ2n) is 3.94. The Morgan fingerprint density at radius 3 is 2.89 bits per heavy atom. The SMILES string of the molecule is C=C(N=C(/C=C\N)c1nn(C)c2ccccc12)SC. The molecular formula is C14H16N4S. The fourth-order valence-corrected chi connectivity index (χ4v) is 2.03. The van der Waals surface area contributed by atoms with E-state index in [2.05, 4.69) is 16.7 Å². The Morgan fingerprint density at radius 1 is 1.47 bits per heavy atom. The van der Waals surface area contributed by atoms with Gasteiger partial charge in [-0.2, -0.15) is 5.10 Å². The van der Waals surface area contributed by atoms with Crippen molar-refractivity contribution < 1.29 is 0 Å². The minimum absolute atomic E-state index is 0.721. The Bertz CT molecular complexity index is 667. The lowest BCUT2D eigenvalue weighted by molar-refractivity contribution is 0.793. The first-order valence-corrected chi connectivity index (χ1v) is 7.02. The summed E-state index contributed by atoms with van der Waals surface area (Å²) in [6.07, 6.45) is 5.15. The fraction of sp³-hybridized carbons (Fsp3) is 0.143. The van der Waals surface area contributed by atoms with Gasteiger partial charge in [-0.25, -0.2) is 4.99 Å². The zero-order chi connectivity index (χ0) is 13.8. The van der Waals surface area contributed by atoms with E-state index in [1.807, 2.05) is 42.3 Å². The lowest BCUT2D eigenvalue weighted by Crippen LogP contribution is -2.01. The summed E-state index contributed by atoms with van der Waals surface area (Å²) < 4.78 is 1.84. The van der Waals surface area contributed by atoms with Gasteiger partial charge in [0.25, 0.3) is 0 Å². The third-order valence-corrected chi connectivity index (χ3v) is 3.30. The van der Waals surface area contributed by atoms with Crippen molar-refractivity contribution in [1.29, 1.82) is 0 Å². The molecule has 2 N–H and O–H groups in total. The first kappa shape index (κ1) is 13.4. The van der Waals surface area contributed by atoms with Gasteiger partial charge in [-0.1, -0.05) is 24.8 Å². The van der Waals surface area contributed by atoms with Gasteiger partial charge in [0, 0.05) is 12.4 Å². The van der Waals surface area contributed by atoms with Gasteiger partial charge in [-0.3, -0.25) is 4.68 Å². The van der Waals surface area contributed by atoms with E-state index in [-0.39, 0.29) is 0 Å². The van der Waals surface area contributed by atoms with Crippen LogP contribution in [0, 0.1) is 0 Å². The Morgan fingerprint density at radius 2 is 2.21 bits per heavy atom. The smallest absolute Gasteiger partial charge is 0.119 e. The highest BCUT2D eigenvalue weighted by atomic mass is 32.2. The summed E-state index contributed by atoms with van der Waals surface area (Å²) in [6.45, 7) is 3.87. The number of nitrogens with two attached hydrogens (primary N) is 1. The zero-order valence-corrected chi connectivity index (χ0v) is 11.8. The molecule has 0 aliphatic rings. The van der Waals surface area contributed by atoms with Crippen molar-refractivity contribution in [3.05, 3.63) is 53.8 Å². The quantitative estimate of drug-likeness (QED) is 0.871. The molecule has 98 valence electrons. The molecule has 2 rings (SSSR count). The normalized spacial score (nSPS) is 12.4. The van der Waals surface area contributed by atoms with E-state index < -0.39 is 0 Å².